The van der Waals surface area contributed by atoms with Gasteiger partial charge in [-0.3, -0.25) is 4.79 Å². The summed E-state index contributed by atoms with van der Waals surface area (Å²) in [6, 6.07) is 7.05. The fourth-order valence-electron chi connectivity index (χ4n) is 2.95. The summed E-state index contributed by atoms with van der Waals surface area (Å²) in [7, 11) is 0. The number of aromatic amines is 1. The van der Waals surface area contributed by atoms with Gasteiger partial charge in [0.25, 0.3) is 5.56 Å². The van der Waals surface area contributed by atoms with E-state index in [2.05, 4.69) is 10.1 Å². The zero-order valence-electron chi connectivity index (χ0n) is 11.6. The molecule has 1 saturated heterocycles. The minimum Gasteiger partial charge on any atom is -0.476 e. The zero-order chi connectivity index (χ0) is 15.3. The van der Waals surface area contributed by atoms with Crippen molar-refractivity contribution in [1.82, 2.24) is 14.6 Å². The molecule has 7 heteroatoms. The number of H-pyrrole nitrogens is 1. The number of benzene rings is 1. The molecule has 3 aromatic rings. The molecule has 0 saturated carbocycles. The summed E-state index contributed by atoms with van der Waals surface area (Å²) in [4.78, 5) is 26.8. The maximum Gasteiger partial charge on any atom is 0.356 e. The molecule has 2 N–H and O–H groups in total. The van der Waals surface area contributed by atoms with Crippen molar-refractivity contribution < 1.29 is 9.90 Å². The molecule has 6 nitrogen and oxygen atoms in total. The molecular weight excluding hydrogens is 302 g/mol. The molecule has 1 aliphatic heterocycles. The second kappa shape index (κ2) is 4.88. The minimum atomic E-state index is -1.15. The fourth-order valence-corrected chi connectivity index (χ4v) is 4.28. The van der Waals surface area contributed by atoms with Crippen molar-refractivity contribution in [3.05, 3.63) is 45.9 Å². The molecule has 0 amide bonds. The van der Waals surface area contributed by atoms with Gasteiger partial charge in [0.05, 0.1) is 10.9 Å². The molecule has 4 rings (SSSR count). The smallest absolute Gasteiger partial charge is 0.356 e. The first-order valence-electron chi connectivity index (χ1n) is 7.05. The number of thioether (sulfide) groups is 1. The zero-order valence-corrected chi connectivity index (χ0v) is 12.4. The summed E-state index contributed by atoms with van der Waals surface area (Å²) in [5.41, 5.74) is 1.88. The number of carbonyl (C=O) groups is 1. The molecular formula is C15H13N3O3S. The lowest BCUT2D eigenvalue weighted by Crippen LogP contribution is -2.16. The summed E-state index contributed by atoms with van der Waals surface area (Å²) in [5, 5.41) is 13.8. The third kappa shape index (κ3) is 1.93. The Morgan fingerprint density at radius 1 is 1.45 bits per heavy atom. The van der Waals surface area contributed by atoms with Crippen LogP contribution in [0.4, 0.5) is 0 Å². The maximum atomic E-state index is 12.6. The number of rotatable bonds is 2. The summed E-state index contributed by atoms with van der Waals surface area (Å²) in [6.45, 7) is 0. The van der Waals surface area contributed by atoms with Crippen LogP contribution in [-0.2, 0) is 0 Å². The predicted molar refractivity (Wildman–Crippen MR) is 84.7 cm³/mol. The van der Waals surface area contributed by atoms with Gasteiger partial charge in [-0.2, -0.15) is 21.4 Å². The van der Waals surface area contributed by atoms with Gasteiger partial charge >= 0.3 is 5.97 Å². The monoisotopic (exact) mass is 315 g/mol. The molecule has 0 bridgehead atoms. The van der Waals surface area contributed by atoms with Gasteiger partial charge in [-0.25, -0.2) is 4.79 Å². The number of para-hydroxylation sites is 1. The van der Waals surface area contributed by atoms with Crippen molar-refractivity contribution in [1.29, 1.82) is 0 Å². The number of nitrogens with zero attached hydrogens (tertiary/aromatic N) is 2. The normalized spacial score (nSPS) is 18.3. The van der Waals surface area contributed by atoms with E-state index in [1.54, 1.807) is 6.07 Å². The van der Waals surface area contributed by atoms with Crippen molar-refractivity contribution in [2.24, 2.45) is 0 Å². The molecule has 2 aromatic heterocycles. The molecule has 0 spiro atoms. The summed E-state index contributed by atoms with van der Waals surface area (Å²) in [6.07, 6.45) is 2.27. The highest BCUT2D eigenvalue weighted by Crippen LogP contribution is 2.41. The Morgan fingerprint density at radius 3 is 3.05 bits per heavy atom. The molecule has 3 heterocycles. The molecule has 1 unspecified atom stereocenters. The SMILES string of the molecule is O=C(O)c1cc2[nH]c3c(C4CCCS4)cccc3c(=O)n2n1. The number of fused-ring (bicyclic) bond motifs is 2. The van der Waals surface area contributed by atoms with Crippen LogP contribution in [0.5, 0.6) is 0 Å². The highest BCUT2D eigenvalue weighted by atomic mass is 32.2. The van der Waals surface area contributed by atoms with Gasteiger partial charge in [0.1, 0.15) is 5.65 Å². The fraction of sp³-hybridized carbons (Fsp3) is 0.267. The average molecular weight is 315 g/mol. The Bertz CT molecular complexity index is 954. The third-order valence-electron chi connectivity index (χ3n) is 3.98. The molecule has 0 aliphatic carbocycles. The number of hydrogen-bond donors (Lipinski definition) is 2. The van der Waals surface area contributed by atoms with E-state index >= 15 is 0 Å². The summed E-state index contributed by atoms with van der Waals surface area (Å²) >= 11 is 1.89. The Kier molecular flexibility index (Phi) is 2.97. The van der Waals surface area contributed by atoms with Crippen LogP contribution in [0.25, 0.3) is 16.6 Å². The lowest BCUT2D eigenvalue weighted by atomic mass is 10.0. The summed E-state index contributed by atoms with van der Waals surface area (Å²) in [5.74, 6) is -0.0178. The van der Waals surface area contributed by atoms with Gasteiger partial charge in [-0.05, 0) is 30.2 Å². The van der Waals surface area contributed by atoms with Crippen molar-refractivity contribution in [3.8, 4) is 0 Å². The number of carboxylic acids is 1. The molecule has 1 aromatic carbocycles. The van der Waals surface area contributed by atoms with Crippen molar-refractivity contribution in [2.45, 2.75) is 18.1 Å². The van der Waals surface area contributed by atoms with E-state index in [9.17, 15) is 9.59 Å². The molecule has 1 fully saturated rings. The largest absolute Gasteiger partial charge is 0.476 e. The first kappa shape index (κ1) is 13.4. The van der Waals surface area contributed by atoms with Crippen LogP contribution in [0.1, 0.15) is 34.1 Å². The second-order valence-corrected chi connectivity index (χ2v) is 6.64. The number of nitrogens with one attached hydrogen (secondary N) is 1. The first-order chi connectivity index (χ1) is 10.6. The van der Waals surface area contributed by atoms with Gasteiger partial charge < -0.3 is 10.1 Å². The number of aromatic carboxylic acids is 1. The molecule has 112 valence electrons. The summed E-state index contributed by atoms with van der Waals surface area (Å²) < 4.78 is 1.12. The van der Waals surface area contributed by atoms with Gasteiger partial charge in [-0.1, -0.05) is 12.1 Å². The molecule has 1 aliphatic rings. The van der Waals surface area contributed by atoms with Crippen molar-refractivity contribution in [3.63, 3.8) is 0 Å². The maximum absolute atomic E-state index is 12.6. The number of aromatic nitrogens is 3. The number of hydrogen-bond acceptors (Lipinski definition) is 4. The van der Waals surface area contributed by atoms with Crippen LogP contribution in [0, 0.1) is 0 Å². The second-order valence-electron chi connectivity index (χ2n) is 5.33. The van der Waals surface area contributed by atoms with Gasteiger partial charge in [0.2, 0.25) is 0 Å². The molecule has 1 atom stereocenters. The van der Waals surface area contributed by atoms with Gasteiger partial charge in [-0.15, -0.1) is 0 Å². The Balaban J connectivity index is 2.04. The standard InChI is InChI=1S/C15H13N3O3S/c19-14-9-4-1-3-8(11-5-2-6-22-11)13(9)16-12-7-10(15(20)21)17-18(12)14/h1,3-4,7,11,16H,2,5-6H2,(H,20,21). The van der Waals surface area contributed by atoms with Gasteiger partial charge in [0, 0.05) is 11.3 Å². The van der Waals surface area contributed by atoms with Crippen LogP contribution in [-0.4, -0.2) is 31.4 Å². The minimum absolute atomic E-state index is 0.138. The van der Waals surface area contributed by atoms with Crippen LogP contribution in [0.3, 0.4) is 0 Å². The van der Waals surface area contributed by atoms with Crippen molar-refractivity contribution in [2.75, 3.05) is 5.75 Å². The van der Waals surface area contributed by atoms with E-state index in [1.165, 1.54) is 12.5 Å². The van der Waals surface area contributed by atoms with E-state index in [0.29, 0.717) is 16.3 Å². The Labute approximate surface area is 129 Å². The lowest BCUT2D eigenvalue weighted by molar-refractivity contribution is 0.0690. The van der Waals surface area contributed by atoms with E-state index in [-0.39, 0.29) is 11.3 Å². The van der Waals surface area contributed by atoms with Crippen LogP contribution in [0.15, 0.2) is 29.1 Å². The van der Waals surface area contributed by atoms with E-state index in [0.717, 1.165) is 27.8 Å². The van der Waals surface area contributed by atoms with E-state index in [1.807, 2.05) is 23.9 Å². The quantitative estimate of drug-likeness (QED) is 0.758. The molecule has 22 heavy (non-hydrogen) atoms. The van der Waals surface area contributed by atoms with Crippen LogP contribution in [0.2, 0.25) is 0 Å². The first-order valence-corrected chi connectivity index (χ1v) is 8.09. The van der Waals surface area contributed by atoms with E-state index < -0.39 is 5.97 Å². The predicted octanol–water partition coefficient (Wildman–Crippen LogP) is 2.44. The van der Waals surface area contributed by atoms with Crippen LogP contribution >= 0.6 is 11.8 Å². The average Bonchev–Trinajstić information content (AvgIpc) is 3.16. The number of carboxylic acid groups (broad SMARTS) is 1. The topological polar surface area (TPSA) is 87.5 Å². The van der Waals surface area contributed by atoms with E-state index in [4.69, 9.17) is 5.11 Å². The highest BCUT2D eigenvalue weighted by Gasteiger charge is 2.21. The third-order valence-corrected chi connectivity index (χ3v) is 5.39. The van der Waals surface area contributed by atoms with Gasteiger partial charge in [0.15, 0.2) is 5.69 Å². The Morgan fingerprint density at radius 2 is 2.32 bits per heavy atom. The highest BCUT2D eigenvalue weighted by molar-refractivity contribution is 7.99. The Hall–Kier alpha value is -2.28. The van der Waals surface area contributed by atoms with Crippen LogP contribution < -0.4 is 5.56 Å². The molecule has 0 radical (unpaired) electrons. The van der Waals surface area contributed by atoms with Crippen molar-refractivity contribution >= 4 is 34.3 Å². The lowest BCUT2D eigenvalue weighted by Gasteiger charge is -2.12.